The molecule has 0 radical (unpaired) electrons. The maximum atomic E-state index is 13.4. The molecule has 1 aliphatic heterocycles. The zero-order chi connectivity index (χ0) is 21.5. The number of amides is 3. The summed E-state index contributed by atoms with van der Waals surface area (Å²) >= 11 is 0. The number of fused-ring (bicyclic) bond motifs is 1. The first-order valence-corrected chi connectivity index (χ1v) is 10.6. The van der Waals surface area contributed by atoms with E-state index in [0.29, 0.717) is 0 Å². The minimum absolute atomic E-state index is 0.00353. The Morgan fingerprint density at radius 3 is 2.26 bits per heavy atom. The van der Waals surface area contributed by atoms with Gasteiger partial charge in [-0.05, 0) is 42.4 Å². The minimum Gasteiger partial charge on any atom is -0.504 e. The van der Waals surface area contributed by atoms with Gasteiger partial charge in [-0.25, -0.2) is 4.98 Å². The van der Waals surface area contributed by atoms with Crippen LogP contribution < -0.4 is 5.32 Å². The zero-order valence-corrected chi connectivity index (χ0v) is 16.8. The first-order chi connectivity index (χ1) is 15.0. The van der Waals surface area contributed by atoms with Gasteiger partial charge in [0.05, 0.1) is 11.8 Å². The molecule has 1 aromatic heterocycles. The third-order valence-corrected chi connectivity index (χ3v) is 6.71. The quantitative estimate of drug-likeness (QED) is 0.575. The summed E-state index contributed by atoms with van der Waals surface area (Å²) in [5, 5.41) is 12.6. The molecule has 7 nitrogen and oxygen atoms in total. The number of pyridine rings is 1. The van der Waals surface area contributed by atoms with Gasteiger partial charge in [-0.15, -0.1) is 0 Å². The largest absolute Gasteiger partial charge is 0.504 e. The maximum absolute atomic E-state index is 13.4. The molecular formula is C24H23N3O4. The van der Waals surface area contributed by atoms with E-state index in [1.807, 2.05) is 30.3 Å². The van der Waals surface area contributed by atoms with Crippen molar-refractivity contribution in [2.45, 2.75) is 25.3 Å². The van der Waals surface area contributed by atoms with E-state index >= 15 is 0 Å². The van der Waals surface area contributed by atoms with Crippen LogP contribution in [0.5, 0.6) is 5.75 Å². The fourth-order valence-electron chi connectivity index (χ4n) is 5.24. The Bertz CT molecular complexity index is 1040. The van der Waals surface area contributed by atoms with Crippen LogP contribution in [0.3, 0.4) is 0 Å². The fourth-order valence-corrected chi connectivity index (χ4v) is 5.24. The first kappa shape index (κ1) is 19.5. The Morgan fingerprint density at radius 2 is 1.68 bits per heavy atom. The summed E-state index contributed by atoms with van der Waals surface area (Å²) in [5.74, 6) is -1.91. The second kappa shape index (κ2) is 7.65. The molecule has 3 amide bonds. The van der Waals surface area contributed by atoms with Crippen molar-refractivity contribution in [2.75, 3.05) is 5.32 Å². The normalized spacial score (nSPS) is 27.3. The summed E-state index contributed by atoms with van der Waals surface area (Å²) in [6.45, 7) is 0. The number of benzene rings is 1. The smallest absolute Gasteiger partial charge is 0.249 e. The number of hydrogen-bond donors (Lipinski definition) is 2. The van der Waals surface area contributed by atoms with Gasteiger partial charge in [0.1, 0.15) is 6.04 Å². The summed E-state index contributed by atoms with van der Waals surface area (Å²) < 4.78 is 0. The molecule has 7 heteroatoms. The minimum atomic E-state index is -1.02. The molecule has 158 valence electrons. The predicted octanol–water partition coefficient (Wildman–Crippen LogP) is 2.53. The SMILES string of the molecule is O=C(Nc1ncccc1O)C(Cc1ccccc1)N1C(=O)C2C3C=CC(CC3)C2C1=O. The lowest BCUT2D eigenvalue weighted by atomic mass is 9.63. The first-order valence-electron chi connectivity index (χ1n) is 10.6. The van der Waals surface area contributed by atoms with E-state index in [1.165, 1.54) is 17.2 Å². The molecule has 1 saturated heterocycles. The zero-order valence-electron chi connectivity index (χ0n) is 16.8. The molecule has 0 spiro atoms. The van der Waals surface area contributed by atoms with E-state index in [9.17, 15) is 19.5 Å². The molecule has 2 bridgehead atoms. The van der Waals surface area contributed by atoms with Crippen LogP contribution in [0.15, 0.2) is 60.8 Å². The number of allylic oxidation sites excluding steroid dienone is 2. The van der Waals surface area contributed by atoms with E-state index in [2.05, 4.69) is 22.5 Å². The number of aromatic nitrogens is 1. The molecule has 1 aromatic carbocycles. The van der Waals surface area contributed by atoms with Crippen LogP contribution in [-0.2, 0) is 20.8 Å². The molecule has 2 heterocycles. The number of aromatic hydroxyl groups is 1. The summed E-state index contributed by atoms with van der Waals surface area (Å²) in [4.78, 5) is 45.3. The molecule has 3 aliphatic carbocycles. The summed E-state index contributed by atoms with van der Waals surface area (Å²) in [6, 6.07) is 11.2. The molecule has 31 heavy (non-hydrogen) atoms. The Kier molecular flexibility index (Phi) is 4.81. The number of carbonyl (C=O) groups is 3. The lowest BCUT2D eigenvalue weighted by Crippen LogP contribution is -2.49. The van der Waals surface area contributed by atoms with Crippen LogP contribution in [0.25, 0.3) is 0 Å². The van der Waals surface area contributed by atoms with E-state index in [4.69, 9.17) is 0 Å². The highest BCUT2D eigenvalue weighted by Gasteiger charge is 2.58. The van der Waals surface area contributed by atoms with Crippen molar-refractivity contribution >= 4 is 23.5 Å². The van der Waals surface area contributed by atoms with Gasteiger partial charge < -0.3 is 10.4 Å². The van der Waals surface area contributed by atoms with Crippen LogP contribution in [0.2, 0.25) is 0 Å². The van der Waals surface area contributed by atoms with E-state index in [1.54, 1.807) is 6.07 Å². The number of nitrogens with zero attached hydrogens (tertiary/aromatic N) is 2. The number of rotatable bonds is 5. The molecule has 2 aromatic rings. The van der Waals surface area contributed by atoms with Gasteiger partial charge in [0, 0.05) is 12.6 Å². The van der Waals surface area contributed by atoms with Gasteiger partial charge in [-0.3, -0.25) is 19.3 Å². The van der Waals surface area contributed by atoms with E-state index < -0.39 is 11.9 Å². The second-order valence-corrected chi connectivity index (χ2v) is 8.45. The monoisotopic (exact) mass is 417 g/mol. The Hall–Kier alpha value is -3.48. The van der Waals surface area contributed by atoms with Crippen molar-refractivity contribution in [2.24, 2.45) is 23.7 Å². The number of hydrogen-bond acceptors (Lipinski definition) is 5. The van der Waals surface area contributed by atoms with Gasteiger partial charge in [0.25, 0.3) is 0 Å². The highest BCUT2D eigenvalue weighted by Crippen LogP contribution is 2.50. The standard InChI is InChI=1S/C24H23N3O4/c28-18-7-4-12-25-21(18)26-22(29)17(13-14-5-2-1-3-6-14)27-23(30)19-15-8-9-16(11-10-15)20(19)24(27)31/h1-9,12,15-17,19-20,28H,10-11,13H2,(H,25,26,29). The molecule has 6 rings (SSSR count). The number of anilines is 1. The molecule has 4 aliphatic rings. The van der Waals surface area contributed by atoms with Gasteiger partial charge >= 0.3 is 0 Å². The average molecular weight is 417 g/mol. The lowest BCUT2D eigenvalue weighted by molar-refractivity contribution is -0.146. The topological polar surface area (TPSA) is 99.6 Å². The van der Waals surface area contributed by atoms with Crippen molar-refractivity contribution in [3.63, 3.8) is 0 Å². The van der Waals surface area contributed by atoms with Crippen LogP contribution in [0.4, 0.5) is 5.82 Å². The van der Waals surface area contributed by atoms with Crippen LogP contribution in [0, 0.1) is 23.7 Å². The predicted molar refractivity (Wildman–Crippen MR) is 113 cm³/mol. The number of imide groups is 1. The molecule has 2 N–H and O–H groups in total. The third kappa shape index (κ3) is 3.30. The maximum Gasteiger partial charge on any atom is 0.249 e. The summed E-state index contributed by atoms with van der Waals surface area (Å²) in [7, 11) is 0. The van der Waals surface area contributed by atoms with Crippen LogP contribution in [-0.4, -0.2) is 38.8 Å². The van der Waals surface area contributed by atoms with Crippen molar-refractivity contribution in [3.8, 4) is 5.75 Å². The Morgan fingerprint density at radius 1 is 1.03 bits per heavy atom. The Balaban J connectivity index is 1.48. The van der Waals surface area contributed by atoms with E-state index in [-0.39, 0.29) is 53.5 Å². The average Bonchev–Trinajstić information content (AvgIpc) is 3.07. The second-order valence-electron chi connectivity index (χ2n) is 8.45. The number of nitrogens with one attached hydrogen (secondary N) is 1. The molecule has 5 unspecified atom stereocenters. The van der Waals surface area contributed by atoms with Gasteiger partial charge in [0.2, 0.25) is 17.7 Å². The van der Waals surface area contributed by atoms with Crippen molar-refractivity contribution in [1.29, 1.82) is 0 Å². The van der Waals surface area contributed by atoms with Crippen molar-refractivity contribution < 1.29 is 19.5 Å². The van der Waals surface area contributed by atoms with Crippen LogP contribution in [0.1, 0.15) is 18.4 Å². The van der Waals surface area contributed by atoms with Gasteiger partial charge in [0.15, 0.2) is 11.6 Å². The van der Waals surface area contributed by atoms with Gasteiger partial charge in [-0.1, -0.05) is 42.5 Å². The molecular weight excluding hydrogens is 394 g/mol. The molecule has 5 atom stereocenters. The van der Waals surface area contributed by atoms with Gasteiger partial charge in [-0.2, -0.15) is 0 Å². The van der Waals surface area contributed by atoms with Crippen molar-refractivity contribution in [3.05, 3.63) is 66.4 Å². The molecule has 1 saturated carbocycles. The highest BCUT2D eigenvalue weighted by atomic mass is 16.3. The molecule has 2 fully saturated rings. The fraction of sp³-hybridized carbons (Fsp3) is 0.333. The number of carbonyl (C=O) groups excluding carboxylic acids is 3. The lowest BCUT2D eigenvalue weighted by Gasteiger charge is -2.38. The summed E-state index contributed by atoms with van der Waals surface area (Å²) in [6.07, 6.45) is 7.55. The van der Waals surface area contributed by atoms with Crippen molar-refractivity contribution in [1.82, 2.24) is 9.88 Å². The highest BCUT2D eigenvalue weighted by molar-refractivity contribution is 6.10. The Labute approximate surface area is 179 Å². The van der Waals surface area contributed by atoms with E-state index in [0.717, 1.165) is 18.4 Å². The third-order valence-electron chi connectivity index (χ3n) is 6.71. The number of likely N-dealkylation sites (tertiary alicyclic amines) is 1. The summed E-state index contributed by atoms with van der Waals surface area (Å²) in [5.41, 5.74) is 0.837. The van der Waals surface area contributed by atoms with Crippen LogP contribution >= 0.6 is 0 Å².